The van der Waals surface area contributed by atoms with Crippen molar-refractivity contribution in [3.8, 4) is 5.75 Å². The van der Waals surface area contributed by atoms with E-state index in [0.717, 1.165) is 44.8 Å². The van der Waals surface area contributed by atoms with Crippen molar-refractivity contribution in [2.75, 3.05) is 19.3 Å². The van der Waals surface area contributed by atoms with E-state index in [9.17, 15) is 13.2 Å². The minimum atomic E-state index is -3.30. The molecule has 1 aliphatic carbocycles. The number of sulfone groups is 1. The summed E-state index contributed by atoms with van der Waals surface area (Å²) in [4.78, 5) is 17.7. The number of piperidine rings is 1. The van der Waals surface area contributed by atoms with Crippen LogP contribution in [-0.2, 0) is 19.3 Å². The number of hydrogen-bond acceptors (Lipinski definition) is 7. The van der Waals surface area contributed by atoms with Crippen LogP contribution < -0.4 is 4.74 Å². The first-order valence-corrected chi connectivity index (χ1v) is 12.5. The maximum Gasteiger partial charge on any atom is 0.410 e. The molecule has 2 fully saturated rings. The van der Waals surface area contributed by atoms with Gasteiger partial charge in [-0.05, 0) is 64.5 Å². The van der Waals surface area contributed by atoms with Gasteiger partial charge in [-0.15, -0.1) is 0 Å². The third-order valence-corrected chi connectivity index (χ3v) is 6.44. The minimum absolute atomic E-state index is 0.0514. The monoisotopic (exact) mass is 440 g/mol. The molecule has 0 spiro atoms. The molecule has 0 atom stereocenters. The highest BCUT2D eigenvalue weighted by molar-refractivity contribution is 7.90. The minimum Gasteiger partial charge on any atom is -0.489 e. The number of carbonyl (C=O) groups is 1. The normalized spacial score (nSPS) is 23.4. The summed E-state index contributed by atoms with van der Waals surface area (Å²) in [6.07, 6.45) is 8.05. The molecule has 0 N–H and O–H groups in total. The Bertz CT molecular complexity index is 795. The molecule has 0 aromatic carbocycles. The van der Waals surface area contributed by atoms with Gasteiger partial charge in [0.15, 0.2) is 14.9 Å². The molecule has 1 saturated carbocycles. The zero-order valence-electron chi connectivity index (χ0n) is 18.0. The Balaban J connectivity index is 1.37. The van der Waals surface area contributed by atoms with Crippen molar-refractivity contribution in [2.45, 2.75) is 81.8 Å². The molecule has 9 heteroatoms. The first-order chi connectivity index (χ1) is 14.2. The molecule has 0 unspecified atom stereocenters. The number of nitrogens with zero attached hydrogens (tertiary/aromatic N) is 2. The van der Waals surface area contributed by atoms with Gasteiger partial charge in [-0.3, -0.25) is 0 Å². The molecule has 0 bridgehead atoms. The van der Waals surface area contributed by atoms with Crippen LogP contribution in [0.15, 0.2) is 23.4 Å². The highest BCUT2D eigenvalue weighted by Gasteiger charge is 2.29. The summed E-state index contributed by atoms with van der Waals surface area (Å²) in [6.45, 7) is 5.06. The molecule has 2 aliphatic rings. The zero-order chi connectivity index (χ0) is 21.7. The fourth-order valence-electron chi connectivity index (χ4n) is 3.86. The number of amides is 1. The quantitative estimate of drug-likeness (QED) is 0.670. The first kappa shape index (κ1) is 22.8. The van der Waals surface area contributed by atoms with Gasteiger partial charge in [-0.1, -0.05) is 0 Å². The van der Waals surface area contributed by atoms with E-state index in [2.05, 4.69) is 4.98 Å². The fourth-order valence-corrected chi connectivity index (χ4v) is 4.42. The lowest BCUT2D eigenvalue weighted by Gasteiger charge is -2.36. The van der Waals surface area contributed by atoms with Crippen molar-refractivity contribution in [1.29, 1.82) is 0 Å². The topological polar surface area (TPSA) is 95.0 Å². The second-order valence-corrected chi connectivity index (χ2v) is 10.3. The summed E-state index contributed by atoms with van der Waals surface area (Å²) in [5.41, 5.74) is 0. The van der Waals surface area contributed by atoms with Crippen molar-refractivity contribution in [3.63, 3.8) is 0 Å². The van der Waals surface area contributed by atoms with Crippen LogP contribution in [0.25, 0.3) is 0 Å². The van der Waals surface area contributed by atoms with E-state index in [1.165, 1.54) is 12.3 Å². The Kier molecular flexibility index (Phi) is 7.57. The second-order valence-electron chi connectivity index (χ2n) is 8.38. The lowest BCUT2D eigenvalue weighted by Crippen LogP contribution is -2.43. The van der Waals surface area contributed by atoms with Crippen molar-refractivity contribution in [2.24, 2.45) is 0 Å². The van der Waals surface area contributed by atoms with Gasteiger partial charge in [0.05, 0.1) is 30.6 Å². The molecule has 1 aliphatic heterocycles. The molecule has 30 heavy (non-hydrogen) atoms. The van der Waals surface area contributed by atoms with E-state index in [1.54, 1.807) is 11.0 Å². The van der Waals surface area contributed by atoms with Crippen LogP contribution in [0.4, 0.5) is 4.79 Å². The van der Waals surface area contributed by atoms with Gasteiger partial charge < -0.3 is 19.1 Å². The molecule has 0 radical (unpaired) electrons. The smallest absolute Gasteiger partial charge is 0.410 e. The molecule has 3 rings (SSSR count). The fraction of sp³-hybridized carbons (Fsp3) is 0.714. The van der Waals surface area contributed by atoms with Crippen molar-refractivity contribution in [1.82, 2.24) is 9.88 Å². The third-order valence-electron chi connectivity index (χ3n) is 5.43. The lowest BCUT2D eigenvalue weighted by molar-refractivity contribution is -0.0656. The van der Waals surface area contributed by atoms with Crippen molar-refractivity contribution < 1.29 is 27.4 Å². The number of likely N-dealkylation sites (tertiary alicyclic amines) is 1. The molecule has 1 aromatic rings. The van der Waals surface area contributed by atoms with Gasteiger partial charge in [-0.2, -0.15) is 0 Å². The molecule has 1 amide bonds. The van der Waals surface area contributed by atoms with Crippen LogP contribution in [0, 0.1) is 0 Å². The van der Waals surface area contributed by atoms with E-state index in [4.69, 9.17) is 14.2 Å². The van der Waals surface area contributed by atoms with Crippen LogP contribution in [0.2, 0.25) is 0 Å². The highest BCUT2D eigenvalue weighted by atomic mass is 32.2. The first-order valence-electron chi connectivity index (χ1n) is 10.6. The van der Waals surface area contributed by atoms with E-state index < -0.39 is 9.84 Å². The Morgan fingerprint density at radius 1 is 1.03 bits per heavy atom. The number of pyridine rings is 1. The third kappa shape index (κ3) is 6.57. The summed E-state index contributed by atoms with van der Waals surface area (Å²) in [6, 6.07) is 3.13. The Morgan fingerprint density at radius 3 is 2.17 bits per heavy atom. The van der Waals surface area contributed by atoms with E-state index in [-0.39, 0.29) is 35.5 Å². The van der Waals surface area contributed by atoms with Gasteiger partial charge in [0.2, 0.25) is 0 Å². The van der Waals surface area contributed by atoms with Gasteiger partial charge in [0.1, 0.15) is 5.75 Å². The van der Waals surface area contributed by atoms with Gasteiger partial charge in [0.25, 0.3) is 0 Å². The van der Waals surface area contributed by atoms with Gasteiger partial charge >= 0.3 is 6.09 Å². The van der Waals surface area contributed by atoms with E-state index in [1.807, 2.05) is 13.8 Å². The number of carbonyl (C=O) groups excluding carboxylic acids is 1. The number of aromatic nitrogens is 1. The Labute approximate surface area is 178 Å². The summed E-state index contributed by atoms with van der Waals surface area (Å²) in [5.74, 6) is 0.590. The van der Waals surface area contributed by atoms with Crippen LogP contribution >= 0.6 is 0 Å². The van der Waals surface area contributed by atoms with E-state index in [0.29, 0.717) is 18.8 Å². The van der Waals surface area contributed by atoms with Gasteiger partial charge in [0, 0.05) is 19.3 Å². The highest BCUT2D eigenvalue weighted by Crippen LogP contribution is 2.28. The summed E-state index contributed by atoms with van der Waals surface area (Å²) in [5, 5.41) is 0.0514. The molecule has 1 aromatic heterocycles. The Hall–Kier alpha value is -1.87. The lowest BCUT2D eigenvalue weighted by atomic mass is 9.94. The molecule has 2 heterocycles. The van der Waals surface area contributed by atoms with Crippen LogP contribution in [0.1, 0.15) is 52.4 Å². The summed E-state index contributed by atoms with van der Waals surface area (Å²) >= 11 is 0. The second kappa shape index (κ2) is 9.96. The van der Waals surface area contributed by atoms with Crippen molar-refractivity contribution >= 4 is 15.9 Å². The molecule has 168 valence electrons. The van der Waals surface area contributed by atoms with Crippen LogP contribution in [0.3, 0.4) is 0 Å². The van der Waals surface area contributed by atoms with Crippen molar-refractivity contribution in [3.05, 3.63) is 18.3 Å². The zero-order valence-corrected chi connectivity index (χ0v) is 18.8. The molecule has 8 nitrogen and oxygen atoms in total. The van der Waals surface area contributed by atoms with Crippen LogP contribution in [0.5, 0.6) is 5.75 Å². The maximum absolute atomic E-state index is 12.0. The number of rotatable bonds is 6. The maximum atomic E-state index is 12.0. The van der Waals surface area contributed by atoms with E-state index >= 15 is 0 Å². The predicted molar refractivity (Wildman–Crippen MR) is 111 cm³/mol. The SMILES string of the molecule is CC(C)OC(=O)N1CCC(O[C@H]2CC[C@H](Oc3ccc(S(C)(=O)=O)nc3)CC2)CC1. The molecular formula is C21H32N2O6S. The predicted octanol–water partition coefficient (Wildman–Crippen LogP) is 3.20. The largest absolute Gasteiger partial charge is 0.489 e. The average molecular weight is 441 g/mol. The summed E-state index contributed by atoms with van der Waals surface area (Å²) in [7, 11) is -3.30. The number of hydrogen-bond donors (Lipinski definition) is 0. The number of ether oxygens (including phenoxy) is 3. The average Bonchev–Trinajstić information content (AvgIpc) is 2.69. The molecule has 1 saturated heterocycles. The summed E-state index contributed by atoms with van der Waals surface area (Å²) < 4.78 is 40.5. The van der Waals surface area contributed by atoms with Gasteiger partial charge in [-0.25, -0.2) is 18.2 Å². The molecular weight excluding hydrogens is 408 g/mol. The van der Waals surface area contributed by atoms with Crippen LogP contribution in [-0.4, -0.2) is 68.2 Å². The Morgan fingerprint density at radius 2 is 1.63 bits per heavy atom. The standard InChI is InChI=1S/C21H32N2O6S/c1-15(2)27-21(24)23-12-10-18(11-13-23)28-16-4-6-17(7-5-16)29-19-8-9-20(22-14-19)30(3,25)26/h8-9,14-18H,4-7,10-13H2,1-3H3/t16-,17-.